The van der Waals surface area contributed by atoms with Crippen LogP contribution in [0.2, 0.25) is 5.02 Å². The fourth-order valence-electron chi connectivity index (χ4n) is 2.83. The maximum absolute atomic E-state index is 12.1. The van der Waals surface area contributed by atoms with Crippen molar-refractivity contribution in [2.45, 2.75) is 26.1 Å². The van der Waals surface area contributed by atoms with Gasteiger partial charge >= 0.3 is 0 Å². The topological polar surface area (TPSA) is 80.2 Å². The largest absolute Gasteiger partial charge is 0.490 e. The zero-order valence-corrected chi connectivity index (χ0v) is 18.4. The summed E-state index contributed by atoms with van der Waals surface area (Å²) >= 11 is 7.44. The van der Waals surface area contributed by atoms with Gasteiger partial charge in [-0.1, -0.05) is 35.5 Å². The summed E-state index contributed by atoms with van der Waals surface area (Å²) in [4.78, 5) is 23.5. The molecule has 3 rings (SSSR count). The molecule has 158 valence electrons. The lowest BCUT2D eigenvalue weighted by Gasteiger charge is -2.22. The molecule has 0 unspecified atom stereocenters. The number of hydrogen-bond donors (Lipinski definition) is 1. The molecule has 0 aliphatic carbocycles. The first-order chi connectivity index (χ1) is 14.3. The third-order valence-electron chi connectivity index (χ3n) is 4.09. The number of benzene rings is 2. The molecule has 1 atom stereocenters. The number of aryl methyl sites for hydroxylation is 1. The quantitative estimate of drug-likeness (QED) is 0.674. The smallest absolute Gasteiger partial charge is 0.241 e. The molecule has 1 heterocycles. The Morgan fingerprint density at radius 3 is 2.63 bits per heavy atom. The lowest BCUT2D eigenvalue weighted by Crippen LogP contribution is -2.25. The van der Waals surface area contributed by atoms with Crippen molar-refractivity contribution in [3.63, 3.8) is 0 Å². The number of ether oxygens (including phenoxy) is 2. The van der Waals surface area contributed by atoms with Crippen molar-refractivity contribution in [1.29, 1.82) is 0 Å². The average molecular weight is 448 g/mol. The van der Waals surface area contributed by atoms with Crippen molar-refractivity contribution < 1.29 is 19.1 Å². The number of rotatable bonds is 6. The van der Waals surface area contributed by atoms with Crippen LogP contribution in [0.15, 0.2) is 47.6 Å². The normalized spacial score (nSPS) is 15.5. The molecule has 2 aromatic carbocycles. The molecule has 0 radical (unpaired) electrons. The van der Waals surface area contributed by atoms with Crippen LogP contribution >= 0.6 is 23.4 Å². The molecule has 1 N–H and O–H groups in total. The predicted molar refractivity (Wildman–Crippen MR) is 118 cm³/mol. The Kier molecular flexibility index (Phi) is 7.23. The van der Waals surface area contributed by atoms with Gasteiger partial charge in [-0.3, -0.25) is 9.59 Å². The summed E-state index contributed by atoms with van der Waals surface area (Å²) < 4.78 is 11.7. The van der Waals surface area contributed by atoms with Crippen LogP contribution in [0.25, 0.3) is 0 Å². The van der Waals surface area contributed by atoms with Crippen molar-refractivity contribution >= 4 is 40.3 Å². The monoisotopic (exact) mass is 447 g/mol. The second-order valence-corrected chi connectivity index (χ2v) is 8.12. The van der Waals surface area contributed by atoms with Gasteiger partial charge in [0, 0.05) is 24.4 Å². The number of carbonyl (C=O) groups excluding carboxylic acids is 2. The van der Waals surface area contributed by atoms with Gasteiger partial charge in [0.15, 0.2) is 5.17 Å². The van der Waals surface area contributed by atoms with Crippen molar-refractivity contribution in [2.24, 2.45) is 5.10 Å². The fourth-order valence-corrected chi connectivity index (χ4v) is 4.16. The van der Waals surface area contributed by atoms with Gasteiger partial charge < -0.3 is 14.8 Å². The highest BCUT2D eigenvalue weighted by molar-refractivity contribution is 8.14. The van der Waals surface area contributed by atoms with Crippen molar-refractivity contribution in [1.82, 2.24) is 10.3 Å². The maximum Gasteiger partial charge on any atom is 0.241 e. The van der Waals surface area contributed by atoms with Crippen LogP contribution in [0.5, 0.6) is 11.5 Å². The molecule has 7 nitrogen and oxygen atoms in total. The Morgan fingerprint density at radius 1 is 1.17 bits per heavy atom. The van der Waals surface area contributed by atoms with Gasteiger partial charge in [-0.2, -0.15) is 0 Å². The van der Waals surface area contributed by atoms with Gasteiger partial charge in [-0.25, -0.2) is 5.01 Å². The number of hydrogen-bond acceptors (Lipinski definition) is 6. The summed E-state index contributed by atoms with van der Waals surface area (Å²) in [5.41, 5.74) is 1.80. The molecule has 0 spiro atoms. The zero-order valence-electron chi connectivity index (χ0n) is 16.8. The van der Waals surface area contributed by atoms with Gasteiger partial charge in [0.05, 0.1) is 0 Å². The molecule has 1 aliphatic rings. The summed E-state index contributed by atoms with van der Waals surface area (Å²) in [5.74, 6) is 0.815. The van der Waals surface area contributed by atoms with Crippen LogP contribution in [0, 0.1) is 6.92 Å². The molecule has 0 saturated heterocycles. The Balaban J connectivity index is 1.71. The van der Waals surface area contributed by atoms with E-state index in [1.54, 1.807) is 18.2 Å². The second kappa shape index (κ2) is 9.86. The summed E-state index contributed by atoms with van der Waals surface area (Å²) in [6.45, 7) is 5.46. The van der Waals surface area contributed by atoms with Crippen molar-refractivity contribution in [3.8, 4) is 11.5 Å². The highest BCUT2D eigenvalue weighted by Gasteiger charge is 2.34. The van der Waals surface area contributed by atoms with E-state index in [-0.39, 0.29) is 11.8 Å². The lowest BCUT2D eigenvalue weighted by molar-refractivity contribution is -0.129. The van der Waals surface area contributed by atoms with E-state index in [0.717, 1.165) is 11.3 Å². The van der Waals surface area contributed by atoms with Crippen LogP contribution in [0.1, 0.15) is 30.3 Å². The standard InChI is InChI=1S/C21H22ClN3O4S/c1-13-5-4-6-17(11-13)28-9-10-29-19-8-7-16(22)12-18(19)20-25(15(3)27)24-21(30-20)23-14(2)26/h4-8,11-12,20H,9-10H2,1-3H3,(H,23,24,26)/t20-/m0/s1. The van der Waals surface area contributed by atoms with E-state index in [2.05, 4.69) is 10.4 Å². The van der Waals surface area contributed by atoms with Gasteiger partial charge in [0.25, 0.3) is 0 Å². The van der Waals surface area contributed by atoms with E-state index in [1.807, 2.05) is 31.2 Å². The summed E-state index contributed by atoms with van der Waals surface area (Å²) in [6.07, 6.45) is 0. The molecule has 0 saturated carbocycles. The fraction of sp³-hybridized carbons (Fsp3) is 0.286. The molecule has 9 heteroatoms. The van der Waals surface area contributed by atoms with Crippen molar-refractivity contribution in [2.75, 3.05) is 13.2 Å². The van der Waals surface area contributed by atoms with Crippen LogP contribution in [-0.2, 0) is 9.59 Å². The Bertz CT molecular complexity index is 982. The summed E-state index contributed by atoms with van der Waals surface area (Å²) in [7, 11) is 0. The number of nitrogens with one attached hydrogen (secondary N) is 1. The maximum atomic E-state index is 12.1. The van der Waals surface area contributed by atoms with Crippen LogP contribution in [0.4, 0.5) is 0 Å². The predicted octanol–water partition coefficient (Wildman–Crippen LogP) is 4.11. The third kappa shape index (κ3) is 5.67. The number of nitrogens with zero attached hydrogens (tertiary/aromatic N) is 2. The van der Waals surface area contributed by atoms with E-state index in [0.29, 0.717) is 34.7 Å². The highest BCUT2D eigenvalue weighted by atomic mass is 35.5. The molecular weight excluding hydrogens is 426 g/mol. The molecule has 0 bridgehead atoms. The Morgan fingerprint density at radius 2 is 1.93 bits per heavy atom. The Hall–Kier alpha value is -2.71. The molecule has 0 aromatic heterocycles. The number of hydrazone groups is 1. The number of halogens is 1. The Labute approximate surface area is 184 Å². The minimum atomic E-state index is -0.504. The summed E-state index contributed by atoms with van der Waals surface area (Å²) in [5, 5.41) is 8.48. The number of carbonyl (C=O) groups is 2. The third-order valence-corrected chi connectivity index (χ3v) is 5.41. The molecule has 1 aliphatic heterocycles. The molecule has 2 amide bonds. The van der Waals surface area contributed by atoms with E-state index in [4.69, 9.17) is 21.1 Å². The van der Waals surface area contributed by atoms with Crippen molar-refractivity contribution in [3.05, 3.63) is 58.6 Å². The average Bonchev–Trinajstić information content (AvgIpc) is 3.09. The zero-order chi connectivity index (χ0) is 21.7. The van der Waals surface area contributed by atoms with E-state index in [9.17, 15) is 9.59 Å². The minimum absolute atomic E-state index is 0.262. The first-order valence-corrected chi connectivity index (χ1v) is 10.5. The SMILES string of the molecule is CC(=O)NC1=NN(C(C)=O)[C@H](c2cc(Cl)ccc2OCCOc2cccc(C)c2)S1. The lowest BCUT2D eigenvalue weighted by atomic mass is 10.2. The van der Waals surface area contributed by atoms with Gasteiger partial charge in [-0.15, -0.1) is 5.10 Å². The van der Waals surface area contributed by atoms with Gasteiger partial charge in [0.1, 0.15) is 30.1 Å². The van der Waals surface area contributed by atoms with Gasteiger partial charge in [0.2, 0.25) is 11.8 Å². The van der Waals surface area contributed by atoms with Gasteiger partial charge in [-0.05, 0) is 42.8 Å². The van der Waals surface area contributed by atoms with E-state index < -0.39 is 5.37 Å². The second-order valence-electron chi connectivity index (χ2n) is 6.62. The molecule has 0 fully saturated rings. The molecule has 2 aromatic rings. The van der Waals surface area contributed by atoms with Crippen LogP contribution < -0.4 is 14.8 Å². The van der Waals surface area contributed by atoms with Crippen LogP contribution in [-0.4, -0.2) is 35.2 Å². The van der Waals surface area contributed by atoms with E-state index >= 15 is 0 Å². The van der Waals surface area contributed by atoms with E-state index in [1.165, 1.54) is 30.6 Å². The number of thioether (sulfide) groups is 1. The highest BCUT2D eigenvalue weighted by Crippen LogP contribution is 2.43. The molecule has 30 heavy (non-hydrogen) atoms. The number of amidine groups is 1. The first-order valence-electron chi connectivity index (χ1n) is 9.28. The minimum Gasteiger partial charge on any atom is -0.490 e. The number of amides is 2. The first kappa shape index (κ1) is 22.0. The molecular formula is C21H22ClN3O4S. The summed E-state index contributed by atoms with van der Waals surface area (Å²) in [6, 6.07) is 13.0. The van der Waals surface area contributed by atoms with Crippen LogP contribution in [0.3, 0.4) is 0 Å².